The SMILES string of the molecule is Cc1[nH]nc2cc(Nc3nc4cccc(N[C@@H]5COC[C@H]5O)n4n3)ccc12. The number of H-pyrrole nitrogens is 1. The van der Waals surface area contributed by atoms with Crippen molar-refractivity contribution in [1.29, 1.82) is 0 Å². The number of aromatic amines is 1. The van der Waals surface area contributed by atoms with Crippen LogP contribution in [0.2, 0.25) is 0 Å². The third-order valence-corrected chi connectivity index (χ3v) is 4.75. The Bertz CT molecular complexity index is 1120. The second-order valence-corrected chi connectivity index (χ2v) is 6.68. The summed E-state index contributed by atoms with van der Waals surface area (Å²) in [7, 11) is 0. The zero-order valence-corrected chi connectivity index (χ0v) is 14.7. The van der Waals surface area contributed by atoms with Crippen molar-refractivity contribution in [1.82, 2.24) is 24.8 Å². The topological polar surface area (TPSA) is 112 Å². The molecule has 0 bridgehead atoms. The summed E-state index contributed by atoms with van der Waals surface area (Å²) in [6.45, 7) is 2.79. The van der Waals surface area contributed by atoms with Gasteiger partial charge in [0.05, 0.1) is 30.9 Å². The van der Waals surface area contributed by atoms with Gasteiger partial charge in [0.1, 0.15) is 5.82 Å². The highest BCUT2D eigenvalue weighted by molar-refractivity contribution is 5.85. The zero-order chi connectivity index (χ0) is 18.4. The number of fused-ring (bicyclic) bond motifs is 2. The van der Waals surface area contributed by atoms with Crippen LogP contribution in [0.4, 0.5) is 17.5 Å². The van der Waals surface area contributed by atoms with E-state index in [1.165, 1.54) is 0 Å². The number of hydrogen-bond donors (Lipinski definition) is 4. The molecule has 5 rings (SSSR count). The van der Waals surface area contributed by atoms with Crippen LogP contribution in [-0.2, 0) is 4.74 Å². The van der Waals surface area contributed by atoms with Crippen LogP contribution in [0.1, 0.15) is 5.69 Å². The molecule has 1 saturated heterocycles. The summed E-state index contributed by atoms with van der Waals surface area (Å²) >= 11 is 0. The molecule has 0 radical (unpaired) electrons. The zero-order valence-electron chi connectivity index (χ0n) is 14.7. The van der Waals surface area contributed by atoms with Crippen molar-refractivity contribution < 1.29 is 9.84 Å². The molecule has 4 aromatic rings. The van der Waals surface area contributed by atoms with E-state index in [0.29, 0.717) is 24.8 Å². The van der Waals surface area contributed by atoms with E-state index in [9.17, 15) is 5.11 Å². The Labute approximate surface area is 154 Å². The normalized spacial score (nSPS) is 19.8. The molecule has 0 amide bonds. The average Bonchev–Trinajstić information content (AvgIpc) is 3.35. The highest BCUT2D eigenvalue weighted by Crippen LogP contribution is 2.23. The number of rotatable bonds is 4. The van der Waals surface area contributed by atoms with Crippen LogP contribution >= 0.6 is 0 Å². The summed E-state index contributed by atoms with van der Waals surface area (Å²) in [4.78, 5) is 4.53. The van der Waals surface area contributed by atoms with E-state index >= 15 is 0 Å². The van der Waals surface area contributed by atoms with Crippen molar-refractivity contribution in [3.05, 3.63) is 42.1 Å². The number of aliphatic hydroxyl groups excluding tert-OH is 1. The monoisotopic (exact) mass is 365 g/mol. The lowest BCUT2D eigenvalue weighted by Gasteiger charge is -2.16. The van der Waals surface area contributed by atoms with Gasteiger partial charge in [-0.2, -0.15) is 14.6 Å². The Kier molecular flexibility index (Phi) is 3.69. The Morgan fingerprint density at radius 1 is 1.26 bits per heavy atom. The third-order valence-electron chi connectivity index (χ3n) is 4.75. The van der Waals surface area contributed by atoms with Crippen molar-refractivity contribution in [2.24, 2.45) is 0 Å². The van der Waals surface area contributed by atoms with Gasteiger partial charge in [-0.25, -0.2) is 0 Å². The number of benzene rings is 1. The van der Waals surface area contributed by atoms with Gasteiger partial charge in [0.2, 0.25) is 5.95 Å². The summed E-state index contributed by atoms with van der Waals surface area (Å²) in [5.74, 6) is 1.24. The van der Waals surface area contributed by atoms with Crippen LogP contribution in [0.5, 0.6) is 0 Å². The third kappa shape index (κ3) is 2.86. The molecule has 0 spiro atoms. The first-order valence-electron chi connectivity index (χ1n) is 8.77. The van der Waals surface area contributed by atoms with E-state index in [0.717, 1.165) is 28.1 Å². The Morgan fingerprint density at radius 3 is 3.04 bits per heavy atom. The first-order chi connectivity index (χ1) is 13.2. The maximum Gasteiger partial charge on any atom is 0.247 e. The Balaban J connectivity index is 1.44. The van der Waals surface area contributed by atoms with Crippen LogP contribution < -0.4 is 10.6 Å². The number of nitrogens with zero attached hydrogens (tertiary/aromatic N) is 4. The molecule has 1 fully saturated rings. The van der Waals surface area contributed by atoms with Crippen LogP contribution in [0.15, 0.2) is 36.4 Å². The second-order valence-electron chi connectivity index (χ2n) is 6.68. The largest absolute Gasteiger partial charge is 0.388 e. The number of nitrogens with one attached hydrogen (secondary N) is 3. The maximum absolute atomic E-state index is 9.96. The molecule has 2 atom stereocenters. The molecule has 0 aliphatic carbocycles. The fraction of sp³-hybridized carbons (Fsp3) is 0.278. The molecule has 0 saturated carbocycles. The van der Waals surface area contributed by atoms with Crippen molar-refractivity contribution in [3.63, 3.8) is 0 Å². The van der Waals surface area contributed by atoms with Gasteiger partial charge in [0.25, 0.3) is 0 Å². The van der Waals surface area contributed by atoms with Crippen LogP contribution in [0.25, 0.3) is 16.6 Å². The second kappa shape index (κ2) is 6.22. The molecule has 1 aliphatic heterocycles. The summed E-state index contributed by atoms with van der Waals surface area (Å²) in [5, 5.41) is 29.4. The fourth-order valence-electron chi connectivity index (χ4n) is 3.29. The number of anilines is 3. The van der Waals surface area contributed by atoms with Crippen molar-refractivity contribution in [2.75, 3.05) is 23.8 Å². The summed E-state index contributed by atoms with van der Waals surface area (Å²) in [5.41, 5.74) is 3.49. The average molecular weight is 365 g/mol. The highest BCUT2D eigenvalue weighted by Gasteiger charge is 2.26. The van der Waals surface area contributed by atoms with E-state index in [1.807, 2.05) is 43.3 Å². The van der Waals surface area contributed by atoms with Crippen molar-refractivity contribution >= 4 is 34.0 Å². The molecule has 9 heteroatoms. The number of aryl methyl sites for hydroxylation is 1. The highest BCUT2D eigenvalue weighted by atomic mass is 16.5. The predicted molar refractivity (Wildman–Crippen MR) is 101 cm³/mol. The van der Waals surface area contributed by atoms with Gasteiger partial charge < -0.3 is 20.5 Å². The number of aromatic nitrogens is 5. The molecule has 4 heterocycles. The van der Waals surface area contributed by atoms with E-state index < -0.39 is 6.10 Å². The van der Waals surface area contributed by atoms with Gasteiger partial charge in [-0.15, -0.1) is 5.10 Å². The minimum absolute atomic E-state index is 0.165. The van der Waals surface area contributed by atoms with Gasteiger partial charge >= 0.3 is 0 Å². The lowest BCUT2D eigenvalue weighted by Crippen LogP contribution is -2.32. The molecule has 1 aliphatic rings. The molecule has 1 aromatic carbocycles. The van der Waals surface area contributed by atoms with E-state index in [4.69, 9.17) is 4.74 Å². The van der Waals surface area contributed by atoms with Gasteiger partial charge in [-0.3, -0.25) is 5.10 Å². The van der Waals surface area contributed by atoms with Gasteiger partial charge in [0, 0.05) is 16.8 Å². The lowest BCUT2D eigenvalue weighted by molar-refractivity contribution is 0.125. The minimum atomic E-state index is -0.537. The minimum Gasteiger partial charge on any atom is -0.388 e. The number of aliphatic hydroxyl groups is 1. The summed E-state index contributed by atoms with van der Waals surface area (Å²) < 4.78 is 7.01. The molecule has 4 N–H and O–H groups in total. The van der Waals surface area contributed by atoms with Crippen molar-refractivity contribution in [3.8, 4) is 0 Å². The standard InChI is InChI=1S/C18H19N7O2/c1-10-12-6-5-11(7-13(12)23-22-10)19-18-21-17-4-2-3-16(25(17)24-18)20-14-8-27-9-15(14)26/h2-7,14-15,20,26H,8-9H2,1H3,(H,19,24)(H,22,23)/t14-,15-/m1/s1. The van der Waals surface area contributed by atoms with Crippen molar-refractivity contribution in [2.45, 2.75) is 19.1 Å². The molecular weight excluding hydrogens is 346 g/mol. The summed E-state index contributed by atoms with van der Waals surface area (Å²) in [6.07, 6.45) is -0.537. The molecule has 27 heavy (non-hydrogen) atoms. The summed E-state index contributed by atoms with van der Waals surface area (Å²) in [6, 6.07) is 11.5. The molecule has 9 nitrogen and oxygen atoms in total. The van der Waals surface area contributed by atoms with E-state index in [-0.39, 0.29) is 6.04 Å². The van der Waals surface area contributed by atoms with Crippen LogP contribution in [0.3, 0.4) is 0 Å². The van der Waals surface area contributed by atoms with Crippen LogP contribution in [-0.4, -0.2) is 55.3 Å². The predicted octanol–water partition coefficient (Wildman–Crippen LogP) is 1.83. The first kappa shape index (κ1) is 16.0. The lowest BCUT2D eigenvalue weighted by atomic mass is 10.2. The number of hydrogen-bond acceptors (Lipinski definition) is 7. The fourth-order valence-corrected chi connectivity index (χ4v) is 3.29. The first-order valence-corrected chi connectivity index (χ1v) is 8.77. The van der Waals surface area contributed by atoms with Gasteiger partial charge in [0.15, 0.2) is 5.65 Å². The van der Waals surface area contributed by atoms with Gasteiger partial charge in [-0.1, -0.05) is 6.07 Å². The Morgan fingerprint density at radius 2 is 2.19 bits per heavy atom. The number of ether oxygens (including phenoxy) is 1. The molecule has 3 aromatic heterocycles. The van der Waals surface area contributed by atoms with E-state index in [2.05, 4.69) is 30.9 Å². The number of pyridine rings is 1. The maximum atomic E-state index is 9.96. The molecule has 0 unspecified atom stereocenters. The Hall–Kier alpha value is -3.17. The molecular formula is C18H19N7O2. The van der Waals surface area contributed by atoms with Gasteiger partial charge in [-0.05, 0) is 37.3 Å². The smallest absolute Gasteiger partial charge is 0.247 e. The van der Waals surface area contributed by atoms with E-state index in [1.54, 1.807) is 4.52 Å². The van der Waals surface area contributed by atoms with Crippen LogP contribution in [0, 0.1) is 6.92 Å². The molecule has 138 valence electrons. The quantitative estimate of drug-likeness (QED) is 0.436.